The Morgan fingerprint density at radius 2 is 2.00 bits per heavy atom. The summed E-state index contributed by atoms with van der Waals surface area (Å²) >= 11 is 0. The van der Waals surface area contributed by atoms with Gasteiger partial charge in [0.25, 0.3) is 0 Å². The van der Waals surface area contributed by atoms with Gasteiger partial charge in [-0.05, 0) is 30.5 Å². The number of allylic oxidation sites excluding steroid dienone is 2. The summed E-state index contributed by atoms with van der Waals surface area (Å²) in [7, 11) is 0. The molecular formula is C21H23NO4. The first-order chi connectivity index (χ1) is 12.7. The smallest absolute Gasteiger partial charge is 0.410 e. The van der Waals surface area contributed by atoms with E-state index in [0.717, 1.165) is 18.4 Å². The predicted octanol–water partition coefficient (Wildman–Crippen LogP) is 3.90. The molecule has 1 saturated heterocycles. The summed E-state index contributed by atoms with van der Waals surface area (Å²) in [6, 6.07) is 7.39. The van der Waals surface area contributed by atoms with Gasteiger partial charge in [0, 0.05) is 25.9 Å². The first-order valence-corrected chi connectivity index (χ1v) is 9.24. The van der Waals surface area contributed by atoms with Crippen molar-refractivity contribution >= 4 is 11.9 Å². The van der Waals surface area contributed by atoms with E-state index in [2.05, 4.69) is 12.2 Å². The number of likely N-dealkylation sites (tertiary alicyclic amines) is 1. The van der Waals surface area contributed by atoms with Crippen molar-refractivity contribution in [2.45, 2.75) is 37.7 Å². The molecule has 5 nitrogen and oxygen atoms in total. The van der Waals surface area contributed by atoms with Crippen LogP contribution in [0.25, 0.3) is 0 Å². The largest absolute Gasteiger partial charge is 0.486 e. The Kier molecular flexibility index (Phi) is 4.53. The van der Waals surface area contributed by atoms with Gasteiger partial charge in [0.2, 0.25) is 0 Å². The molecule has 1 aromatic rings. The maximum absolute atomic E-state index is 12.5. The standard InChI is InChI=1S/C21H23NO4/c23-18-14-21(26-19-9-5-4-8-17(18)19)10-12-22(13-11-21)20(24)25-15-16-6-2-1-3-7-16/h2,4-9H,1,3,10-15H2. The van der Waals surface area contributed by atoms with E-state index in [0.29, 0.717) is 50.3 Å². The highest BCUT2D eigenvalue weighted by molar-refractivity contribution is 6.00. The number of ether oxygens (including phenoxy) is 2. The lowest BCUT2D eigenvalue weighted by atomic mass is 9.82. The van der Waals surface area contributed by atoms with Crippen LogP contribution in [0.3, 0.4) is 0 Å². The number of nitrogens with zero attached hydrogens (tertiary/aromatic N) is 1. The Hall–Kier alpha value is -2.56. The molecule has 0 bridgehead atoms. The van der Waals surface area contributed by atoms with E-state index in [1.54, 1.807) is 4.90 Å². The zero-order chi connectivity index (χ0) is 18.0. The van der Waals surface area contributed by atoms with Crippen LogP contribution in [0, 0.1) is 0 Å². The van der Waals surface area contributed by atoms with Crippen LogP contribution in [-0.4, -0.2) is 42.1 Å². The van der Waals surface area contributed by atoms with Crippen molar-refractivity contribution in [3.8, 4) is 5.75 Å². The van der Waals surface area contributed by atoms with Gasteiger partial charge in [0.15, 0.2) is 5.78 Å². The van der Waals surface area contributed by atoms with Crippen molar-refractivity contribution in [3.63, 3.8) is 0 Å². The minimum absolute atomic E-state index is 0.124. The number of benzene rings is 1. The van der Waals surface area contributed by atoms with E-state index < -0.39 is 5.60 Å². The van der Waals surface area contributed by atoms with Gasteiger partial charge in [-0.2, -0.15) is 0 Å². The molecular weight excluding hydrogens is 330 g/mol. The van der Waals surface area contributed by atoms with Gasteiger partial charge in [-0.3, -0.25) is 4.79 Å². The SMILES string of the molecule is O=C1CC2(CCN(C(=O)OCC3=CCCC=C3)CC2)Oc2ccccc21. The molecule has 1 aliphatic carbocycles. The van der Waals surface area contributed by atoms with Crippen LogP contribution in [0.5, 0.6) is 5.75 Å². The third-order valence-electron chi connectivity index (χ3n) is 5.36. The number of para-hydroxylation sites is 1. The van der Waals surface area contributed by atoms with E-state index in [4.69, 9.17) is 9.47 Å². The molecule has 3 aliphatic rings. The molecule has 0 aromatic heterocycles. The van der Waals surface area contributed by atoms with E-state index in [1.165, 1.54) is 0 Å². The summed E-state index contributed by atoms with van der Waals surface area (Å²) < 4.78 is 11.6. The van der Waals surface area contributed by atoms with Gasteiger partial charge in [0.05, 0.1) is 12.0 Å². The third kappa shape index (κ3) is 3.39. The van der Waals surface area contributed by atoms with Crippen molar-refractivity contribution in [2.75, 3.05) is 19.7 Å². The fourth-order valence-corrected chi connectivity index (χ4v) is 3.83. The average molecular weight is 353 g/mol. The number of carbonyl (C=O) groups is 2. The van der Waals surface area contributed by atoms with Crippen molar-refractivity contribution in [1.29, 1.82) is 0 Å². The fourth-order valence-electron chi connectivity index (χ4n) is 3.83. The number of rotatable bonds is 2. The Balaban J connectivity index is 1.34. The summed E-state index contributed by atoms with van der Waals surface area (Å²) in [5, 5.41) is 0. The Morgan fingerprint density at radius 3 is 2.77 bits per heavy atom. The number of Topliss-reactive ketones (excluding diaryl/α,β-unsaturated/α-hetero) is 1. The number of carbonyl (C=O) groups excluding carboxylic acids is 2. The van der Waals surface area contributed by atoms with Gasteiger partial charge < -0.3 is 14.4 Å². The Morgan fingerprint density at radius 1 is 1.19 bits per heavy atom. The quantitative estimate of drug-likeness (QED) is 0.809. The molecule has 1 spiro atoms. The van der Waals surface area contributed by atoms with E-state index in [-0.39, 0.29) is 11.9 Å². The molecule has 0 N–H and O–H groups in total. The summed E-state index contributed by atoms with van der Waals surface area (Å²) in [4.78, 5) is 26.5. The molecule has 1 fully saturated rings. The van der Waals surface area contributed by atoms with E-state index in [9.17, 15) is 9.59 Å². The fraction of sp³-hybridized carbons (Fsp3) is 0.429. The number of amides is 1. The summed E-state index contributed by atoms with van der Waals surface area (Å²) in [5.41, 5.74) is 1.22. The second-order valence-electron chi connectivity index (χ2n) is 7.18. The van der Waals surface area contributed by atoms with Crippen LogP contribution in [0.4, 0.5) is 4.79 Å². The van der Waals surface area contributed by atoms with Crippen LogP contribution < -0.4 is 4.74 Å². The summed E-state index contributed by atoms with van der Waals surface area (Å²) in [6.07, 6.45) is 9.65. The van der Waals surface area contributed by atoms with Crippen LogP contribution in [-0.2, 0) is 4.74 Å². The molecule has 0 saturated carbocycles. The summed E-state index contributed by atoms with van der Waals surface area (Å²) in [5.74, 6) is 0.787. The number of ketones is 1. The lowest BCUT2D eigenvalue weighted by Crippen LogP contribution is -2.52. The second kappa shape index (κ2) is 6.98. The first kappa shape index (κ1) is 16.9. The molecule has 2 heterocycles. The Bertz CT molecular complexity index is 772. The molecule has 5 heteroatoms. The predicted molar refractivity (Wildman–Crippen MR) is 97.4 cm³/mol. The number of hydrogen-bond acceptors (Lipinski definition) is 4. The summed E-state index contributed by atoms with van der Waals surface area (Å²) in [6.45, 7) is 1.41. The molecule has 0 radical (unpaired) electrons. The molecule has 1 amide bonds. The van der Waals surface area contributed by atoms with Gasteiger partial charge in [-0.1, -0.05) is 30.4 Å². The lowest BCUT2D eigenvalue weighted by Gasteiger charge is -2.43. The average Bonchev–Trinajstić information content (AvgIpc) is 2.67. The van der Waals surface area contributed by atoms with Crippen molar-refractivity contribution in [3.05, 3.63) is 53.6 Å². The van der Waals surface area contributed by atoms with Crippen LogP contribution in [0.15, 0.2) is 48.1 Å². The zero-order valence-corrected chi connectivity index (χ0v) is 14.8. The first-order valence-electron chi connectivity index (χ1n) is 9.24. The van der Waals surface area contributed by atoms with Crippen LogP contribution in [0.2, 0.25) is 0 Å². The number of piperidine rings is 1. The molecule has 2 aliphatic heterocycles. The van der Waals surface area contributed by atoms with Crippen LogP contribution in [0.1, 0.15) is 42.5 Å². The van der Waals surface area contributed by atoms with Gasteiger partial charge in [-0.15, -0.1) is 0 Å². The highest BCUT2D eigenvalue weighted by Crippen LogP contribution is 2.39. The van der Waals surface area contributed by atoms with Crippen molar-refractivity contribution < 1.29 is 19.1 Å². The van der Waals surface area contributed by atoms with E-state index >= 15 is 0 Å². The highest BCUT2D eigenvalue weighted by atomic mass is 16.6. The molecule has 0 atom stereocenters. The molecule has 1 aromatic carbocycles. The Labute approximate surface area is 153 Å². The minimum atomic E-state index is -0.489. The van der Waals surface area contributed by atoms with Crippen LogP contribution >= 0.6 is 0 Å². The monoisotopic (exact) mass is 353 g/mol. The second-order valence-corrected chi connectivity index (χ2v) is 7.18. The third-order valence-corrected chi connectivity index (χ3v) is 5.36. The topological polar surface area (TPSA) is 55.8 Å². The number of hydrogen-bond donors (Lipinski definition) is 0. The van der Waals surface area contributed by atoms with Crippen molar-refractivity contribution in [2.24, 2.45) is 0 Å². The lowest BCUT2D eigenvalue weighted by molar-refractivity contribution is -0.00826. The van der Waals surface area contributed by atoms with E-state index in [1.807, 2.05) is 30.3 Å². The highest BCUT2D eigenvalue weighted by Gasteiger charge is 2.43. The molecule has 0 unspecified atom stereocenters. The molecule has 4 rings (SSSR count). The van der Waals surface area contributed by atoms with Gasteiger partial charge in [0.1, 0.15) is 18.0 Å². The van der Waals surface area contributed by atoms with Gasteiger partial charge >= 0.3 is 6.09 Å². The molecule has 136 valence electrons. The zero-order valence-electron chi connectivity index (χ0n) is 14.8. The van der Waals surface area contributed by atoms with Gasteiger partial charge in [-0.25, -0.2) is 4.79 Å². The minimum Gasteiger partial charge on any atom is -0.486 e. The maximum Gasteiger partial charge on any atom is 0.410 e. The number of fused-ring (bicyclic) bond motifs is 1. The maximum atomic E-state index is 12.5. The molecule has 26 heavy (non-hydrogen) atoms. The normalized spacial score (nSPS) is 21.0. The van der Waals surface area contributed by atoms with Crippen molar-refractivity contribution in [1.82, 2.24) is 4.90 Å².